The second-order valence-electron chi connectivity index (χ2n) is 2.24. The summed E-state index contributed by atoms with van der Waals surface area (Å²) in [5.74, 6) is 0. The highest BCUT2D eigenvalue weighted by Crippen LogP contribution is 2.28. The van der Waals surface area contributed by atoms with Gasteiger partial charge in [0.2, 0.25) is 0 Å². The lowest BCUT2D eigenvalue weighted by atomic mass is 10.2. The lowest BCUT2D eigenvalue weighted by molar-refractivity contribution is 0.0837. The topological polar surface area (TPSA) is 29.1 Å². The molecule has 0 unspecified atom stereocenters. The monoisotopic (exact) mass is 219 g/mol. The van der Waals surface area contributed by atoms with Crippen molar-refractivity contribution < 1.29 is 9.18 Å². The van der Waals surface area contributed by atoms with E-state index in [2.05, 4.69) is 4.72 Å². The van der Waals surface area contributed by atoms with Crippen LogP contribution in [0.5, 0.6) is 0 Å². The van der Waals surface area contributed by atoms with Gasteiger partial charge < -0.3 is 4.72 Å². The van der Waals surface area contributed by atoms with Gasteiger partial charge in [0.05, 0.1) is 16.3 Å². The number of nitrogens with one attached hydrogen (secondary N) is 1. The number of hydrogen-bond acceptors (Lipinski definition) is 3. The van der Waals surface area contributed by atoms with Gasteiger partial charge in [0.1, 0.15) is 0 Å². The fraction of sp³-hybridized carbons (Fsp3) is 0.125. The summed E-state index contributed by atoms with van der Waals surface area (Å²) in [5.41, 5.74) is 0.283. The summed E-state index contributed by atoms with van der Waals surface area (Å²) in [4.78, 5) is 10.5. The molecule has 5 heteroatoms. The molecule has 0 aliphatic rings. The van der Waals surface area contributed by atoms with Crippen molar-refractivity contribution in [2.24, 2.45) is 0 Å². The molecule has 0 saturated carbocycles. The van der Waals surface area contributed by atoms with E-state index >= 15 is 0 Å². The molecular formula is C8H7ClFNOS. The maximum absolute atomic E-state index is 12.5. The summed E-state index contributed by atoms with van der Waals surface area (Å²) in [6.07, 6.45) is 1.76. The van der Waals surface area contributed by atoms with Crippen LogP contribution in [-0.4, -0.2) is 12.3 Å². The molecule has 1 N–H and O–H groups in total. The maximum atomic E-state index is 12.5. The first-order valence-corrected chi connectivity index (χ1v) is 5.04. The lowest BCUT2D eigenvalue weighted by Crippen LogP contribution is -1.97. The second kappa shape index (κ2) is 4.48. The number of carbonyl (C=O) groups excluding carboxylic acids is 1. The summed E-state index contributed by atoms with van der Waals surface area (Å²) < 4.78 is 15.2. The Bertz CT molecular complexity index is 332. The fourth-order valence-corrected chi connectivity index (χ4v) is 1.60. The van der Waals surface area contributed by atoms with Crippen LogP contribution in [-0.2, 0) is 0 Å². The van der Waals surface area contributed by atoms with Crippen LogP contribution < -0.4 is 4.72 Å². The zero-order valence-electron chi connectivity index (χ0n) is 6.80. The Balaban J connectivity index is 3.17. The first kappa shape index (κ1) is 10.3. The van der Waals surface area contributed by atoms with E-state index in [4.69, 9.17) is 11.6 Å². The Kier molecular flexibility index (Phi) is 3.57. The van der Waals surface area contributed by atoms with Crippen LogP contribution in [0.25, 0.3) is 0 Å². The highest BCUT2D eigenvalue weighted by Gasteiger charge is 2.12. The number of anilines is 1. The Morgan fingerprint density at radius 1 is 1.62 bits per heavy atom. The number of hydrogen-bond donors (Lipinski definition) is 1. The highest BCUT2D eigenvalue weighted by atomic mass is 35.5. The molecule has 1 rings (SSSR count). The predicted molar refractivity (Wildman–Crippen MR) is 54.0 cm³/mol. The Morgan fingerprint density at radius 3 is 2.85 bits per heavy atom. The molecule has 0 fully saturated rings. The van der Waals surface area contributed by atoms with Gasteiger partial charge in [-0.2, -0.15) is 4.39 Å². The molecule has 0 bridgehead atoms. The first-order chi connectivity index (χ1) is 6.16. The minimum atomic E-state index is -1.49. The van der Waals surface area contributed by atoms with Crippen molar-refractivity contribution in [3.63, 3.8) is 0 Å². The minimum Gasteiger partial charge on any atom is -0.328 e. The van der Waals surface area contributed by atoms with E-state index in [0.717, 1.165) is 0 Å². The molecule has 0 radical (unpaired) electrons. The zero-order valence-corrected chi connectivity index (χ0v) is 8.38. The Hall–Kier alpha value is -0.740. The van der Waals surface area contributed by atoms with Crippen molar-refractivity contribution in [3.8, 4) is 0 Å². The molecule has 70 valence electrons. The van der Waals surface area contributed by atoms with Gasteiger partial charge in [0.15, 0.2) is 0 Å². The van der Waals surface area contributed by atoms with E-state index in [1.54, 1.807) is 12.3 Å². The van der Waals surface area contributed by atoms with Crippen LogP contribution >= 0.6 is 23.5 Å². The van der Waals surface area contributed by atoms with Gasteiger partial charge in [0.25, 0.3) is 0 Å². The van der Waals surface area contributed by atoms with Crippen LogP contribution in [0.15, 0.2) is 18.2 Å². The van der Waals surface area contributed by atoms with E-state index in [0.29, 0.717) is 10.7 Å². The van der Waals surface area contributed by atoms with Gasteiger partial charge in [0, 0.05) is 6.26 Å². The molecule has 0 heterocycles. The molecular weight excluding hydrogens is 213 g/mol. The minimum absolute atomic E-state index is 0.0400. The van der Waals surface area contributed by atoms with Gasteiger partial charge in [-0.1, -0.05) is 29.6 Å². The molecule has 0 aromatic heterocycles. The average molecular weight is 220 g/mol. The van der Waals surface area contributed by atoms with Gasteiger partial charge >= 0.3 is 6.04 Å². The molecule has 0 saturated heterocycles. The fourth-order valence-electron chi connectivity index (χ4n) is 0.894. The van der Waals surface area contributed by atoms with Crippen molar-refractivity contribution >= 4 is 35.3 Å². The highest BCUT2D eigenvalue weighted by molar-refractivity contribution is 7.99. The summed E-state index contributed by atoms with van der Waals surface area (Å²) in [7, 11) is 0. The molecule has 1 aromatic rings. The molecule has 0 amide bonds. The summed E-state index contributed by atoms with van der Waals surface area (Å²) in [6, 6.07) is 3.01. The van der Waals surface area contributed by atoms with Gasteiger partial charge in [-0.3, -0.25) is 4.79 Å². The van der Waals surface area contributed by atoms with Crippen molar-refractivity contribution in [2.45, 2.75) is 0 Å². The van der Waals surface area contributed by atoms with E-state index in [1.807, 2.05) is 0 Å². The quantitative estimate of drug-likeness (QED) is 0.626. The Labute approximate surface area is 84.6 Å². The molecule has 0 spiro atoms. The van der Waals surface area contributed by atoms with Crippen molar-refractivity contribution in [1.82, 2.24) is 0 Å². The summed E-state index contributed by atoms with van der Waals surface area (Å²) >= 11 is 7.00. The van der Waals surface area contributed by atoms with Crippen LogP contribution in [0.1, 0.15) is 10.4 Å². The number of para-hydroxylation sites is 1. The van der Waals surface area contributed by atoms with Gasteiger partial charge in [-0.05, 0) is 12.1 Å². The smallest absolute Gasteiger partial charge is 0.328 e. The third-order valence-electron chi connectivity index (χ3n) is 1.43. The van der Waals surface area contributed by atoms with E-state index in [1.165, 1.54) is 24.1 Å². The first-order valence-electron chi connectivity index (χ1n) is 3.44. The third kappa shape index (κ3) is 2.35. The van der Waals surface area contributed by atoms with Crippen LogP contribution in [0, 0.1) is 0 Å². The zero-order chi connectivity index (χ0) is 9.84. The molecule has 0 aliphatic carbocycles. The molecule has 0 atom stereocenters. The van der Waals surface area contributed by atoms with E-state index in [-0.39, 0.29) is 5.56 Å². The van der Waals surface area contributed by atoms with Gasteiger partial charge in [-0.15, -0.1) is 0 Å². The molecule has 2 nitrogen and oxygen atoms in total. The third-order valence-corrected chi connectivity index (χ3v) is 2.15. The number of halogens is 2. The Morgan fingerprint density at radius 2 is 2.31 bits per heavy atom. The van der Waals surface area contributed by atoms with Crippen molar-refractivity contribution in [1.29, 1.82) is 0 Å². The second-order valence-corrected chi connectivity index (χ2v) is 3.26. The number of benzene rings is 1. The molecule has 1 aromatic carbocycles. The van der Waals surface area contributed by atoms with Crippen LogP contribution in [0.2, 0.25) is 5.02 Å². The van der Waals surface area contributed by atoms with E-state index < -0.39 is 6.04 Å². The summed E-state index contributed by atoms with van der Waals surface area (Å²) in [6.45, 7) is 0. The lowest BCUT2D eigenvalue weighted by Gasteiger charge is -2.07. The standard InChI is InChI=1S/C8H7ClFNOS/c1-13-11-7-5(8(10)12)3-2-4-6(7)9/h2-4,11H,1H3. The van der Waals surface area contributed by atoms with Gasteiger partial charge in [-0.25, -0.2) is 0 Å². The van der Waals surface area contributed by atoms with Crippen LogP contribution in [0.4, 0.5) is 10.1 Å². The SMILES string of the molecule is CSNc1c(Cl)cccc1C(=O)F. The normalized spacial score (nSPS) is 9.77. The summed E-state index contributed by atoms with van der Waals surface area (Å²) in [5, 5.41) is 0.331. The van der Waals surface area contributed by atoms with E-state index in [9.17, 15) is 9.18 Å². The number of carbonyl (C=O) groups is 1. The molecule has 0 aliphatic heterocycles. The van der Waals surface area contributed by atoms with Crippen LogP contribution in [0.3, 0.4) is 0 Å². The number of rotatable bonds is 3. The average Bonchev–Trinajstić information content (AvgIpc) is 2.08. The largest absolute Gasteiger partial charge is 0.334 e. The van der Waals surface area contributed by atoms with Crippen molar-refractivity contribution in [2.75, 3.05) is 11.0 Å². The van der Waals surface area contributed by atoms with Crippen molar-refractivity contribution in [3.05, 3.63) is 28.8 Å². The maximum Gasteiger partial charge on any atom is 0.334 e. The predicted octanol–water partition coefficient (Wildman–Crippen LogP) is 3.14. The molecule has 13 heavy (non-hydrogen) atoms.